The van der Waals surface area contributed by atoms with Crippen molar-refractivity contribution in [3.05, 3.63) is 29.8 Å². The van der Waals surface area contributed by atoms with E-state index in [1.807, 2.05) is 0 Å². The molecule has 78 valence electrons. The van der Waals surface area contributed by atoms with E-state index in [2.05, 4.69) is 0 Å². The van der Waals surface area contributed by atoms with Gasteiger partial charge in [0.25, 0.3) is 0 Å². The minimum atomic E-state index is -0.981. The first kappa shape index (κ1) is 9.51. The summed E-state index contributed by atoms with van der Waals surface area (Å²) in [6.45, 7) is 0.880. The van der Waals surface area contributed by atoms with E-state index in [0.29, 0.717) is 18.8 Å². The van der Waals surface area contributed by atoms with Crippen LogP contribution in [0.1, 0.15) is 10.4 Å². The minimum absolute atomic E-state index is 0.200. The minimum Gasteiger partial charge on any atom is -0.478 e. The number of anilines is 1. The molecule has 5 nitrogen and oxygen atoms in total. The van der Waals surface area contributed by atoms with Gasteiger partial charge in [0.15, 0.2) is 0 Å². The largest absolute Gasteiger partial charge is 0.478 e. The first-order chi connectivity index (χ1) is 7.18. The first-order valence-corrected chi connectivity index (χ1v) is 4.46. The predicted molar refractivity (Wildman–Crippen MR) is 52.1 cm³/mol. The van der Waals surface area contributed by atoms with Gasteiger partial charge < -0.3 is 9.84 Å². The van der Waals surface area contributed by atoms with E-state index < -0.39 is 12.1 Å². The van der Waals surface area contributed by atoms with Crippen molar-refractivity contribution in [3.63, 3.8) is 0 Å². The van der Waals surface area contributed by atoms with Crippen LogP contribution in [0.15, 0.2) is 24.3 Å². The Labute approximate surface area is 85.9 Å². The molecule has 1 saturated heterocycles. The summed E-state index contributed by atoms with van der Waals surface area (Å²) in [6.07, 6.45) is -0.391. The van der Waals surface area contributed by atoms with Crippen molar-refractivity contribution in [2.45, 2.75) is 0 Å². The number of hydrogen-bond acceptors (Lipinski definition) is 3. The van der Waals surface area contributed by atoms with Crippen LogP contribution in [-0.4, -0.2) is 30.3 Å². The van der Waals surface area contributed by atoms with Crippen LogP contribution in [0.4, 0.5) is 10.5 Å². The smallest absolute Gasteiger partial charge is 0.414 e. The van der Waals surface area contributed by atoms with Crippen molar-refractivity contribution in [1.29, 1.82) is 0 Å². The zero-order valence-electron chi connectivity index (χ0n) is 7.84. The molecule has 0 unspecified atom stereocenters. The van der Waals surface area contributed by atoms with Gasteiger partial charge >= 0.3 is 12.1 Å². The Morgan fingerprint density at radius 2 is 2.00 bits per heavy atom. The number of hydrogen-bond donors (Lipinski definition) is 1. The Morgan fingerprint density at radius 1 is 1.33 bits per heavy atom. The second-order valence-corrected chi connectivity index (χ2v) is 3.12. The Kier molecular flexibility index (Phi) is 2.29. The van der Waals surface area contributed by atoms with E-state index in [9.17, 15) is 9.59 Å². The molecule has 15 heavy (non-hydrogen) atoms. The van der Waals surface area contributed by atoms with Crippen molar-refractivity contribution in [2.75, 3.05) is 18.1 Å². The summed E-state index contributed by atoms with van der Waals surface area (Å²) in [4.78, 5) is 23.2. The Balaban J connectivity index is 2.23. The van der Waals surface area contributed by atoms with Gasteiger partial charge in [-0.05, 0) is 24.3 Å². The molecular formula is C10H9NO4. The first-order valence-electron chi connectivity index (χ1n) is 4.46. The number of carbonyl (C=O) groups excluding carboxylic acids is 1. The van der Waals surface area contributed by atoms with Crippen molar-refractivity contribution in [3.8, 4) is 0 Å². The number of aromatic carboxylic acids is 1. The standard InChI is InChI=1S/C10H9NO4/c12-9(13)7-1-3-8(4-2-7)11-5-6-15-10(11)14/h1-4H,5-6H2,(H,12,13). The second-order valence-electron chi connectivity index (χ2n) is 3.12. The number of rotatable bonds is 2. The molecule has 2 rings (SSSR count). The molecule has 0 saturated carbocycles. The van der Waals surface area contributed by atoms with Crippen LogP contribution >= 0.6 is 0 Å². The van der Waals surface area contributed by atoms with Crippen molar-refractivity contribution < 1.29 is 19.4 Å². The fourth-order valence-corrected chi connectivity index (χ4v) is 1.41. The summed E-state index contributed by atoms with van der Waals surface area (Å²) in [5, 5.41) is 8.69. The molecule has 0 bridgehead atoms. The third kappa shape index (κ3) is 1.76. The van der Waals surface area contributed by atoms with Crippen LogP contribution in [0.5, 0.6) is 0 Å². The molecule has 0 spiro atoms. The van der Waals surface area contributed by atoms with Crippen LogP contribution in [0, 0.1) is 0 Å². The average molecular weight is 207 g/mol. The van der Waals surface area contributed by atoms with Gasteiger partial charge in [-0.2, -0.15) is 0 Å². The van der Waals surface area contributed by atoms with Gasteiger partial charge in [-0.25, -0.2) is 9.59 Å². The van der Waals surface area contributed by atoms with Gasteiger partial charge in [0.1, 0.15) is 6.61 Å². The molecule has 1 aliphatic heterocycles. The number of cyclic esters (lactones) is 1. The van der Waals surface area contributed by atoms with Crippen molar-refractivity contribution in [1.82, 2.24) is 0 Å². The topological polar surface area (TPSA) is 66.8 Å². The SMILES string of the molecule is O=C(O)c1ccc(N2CCOC2=O)cc1. The van der Waals surface area contributed by atoms with E-state index >= 15 is 0 Å². The lowest BCUT2D eigenvalue weighted by molar-refractivity contribution is 0.0697. The zero-order valence-corrected chi connectivity index (χ0v) is 7.84. The van der Waals surface area contributed by atoms with Gasteiger partial charge in [-0.1, -0.05) is 0 Å². The maximum atomic E-state index is 11.2. The fourth-order valence-electron chi connectivity index (χ4n) is 1.41. The van der Waals surface area contributed by atoms with E-state index in [1.165, 1.54) is 17.0 Å². The molecule has 1 fully saturated rings. The lowest BCUT2D eigenvalue weighted by atomic mass is 10.2. The molecule has 5 heteroatoms. The summed E-state index contributed by atoms with van der Waals surface area (Å²) in [7, 11) is 0. The molecule has 1 aromatic carbocycles. The van der Waals surface area contributed by atoms with Gasteiger partial charge in [0.2, 0.25) is 0 Å². The van der Waals surface area contributed by atoms with Crippen molar-refractivity contribution >= 4 is 17.7 Å². The third-order valence-electron chi connectivity index (χ3n) is 2.19. The summed E-state index contributed by atoms with van der Waals surface area (Å²) in [5.74, 6) is -0.981. The highest BCUT2D eigenvalue weighted by Crippen LogP contribution is 2.18. The zero-order chi connectivity index (χ0) is 10.8. The van der Waals surface area contributed by atoms with Gasteiger partial charge in [-0.15, -0.1) is 0 Å². The highest BCUT2D eigenvalue weighted by molar-refractivity contribution is 5.91. The van der Waals surface area contributed by atoms with Gasteiger partial charge in [0.05, 0.1) is 12.1 Å². The molecule has 1 amide bonds. The number of carboxylic acids is 1. The van der Waals surface area contributed by atoms with E-state index in [1.54, 1.807) is 12.1 Å². The van der Waals surface area contributed by atoms with E-state index in [0.717, 1.165) is 0 Å². The van der Waals surface area contributed by atoms with E-state index in [-0.39, 0.29) is 5.56 Å². The van der Waals surface area contributed by atoms with Crippen LogP contribution in [0.25, 0.3) is 0 Å². The molecule has 1 heterocycles. The van der Waals surface area contributed by atoms with Crippen LogP contribution in [0.2, 0.25) is 0 Å². The van der Waals surface area contributed by atoms with E-state index in [4.69, 9.17) is 9.84 Å². The number of benzene rings is 1. The third-order valence-corrected chi connectivity index (χ3v) is 2.19. The molecule has 1 aromatic rings. The number of nitrogens with zero attached hydrogens (tertiary/aromatic N) is 1. The van der Waals surface area contributed by atoms with Crippen LogP contribution in [-0.2, 0) is 4.74 Å². The number of carboxylic acid groups (broad SMARTS) is 1. The Hall–Kier alpha value is -2.04. The molecular weight excluding hydrogens is 198 g/mol. The van der Waals surface area contributed by atoms with Crippen molar-refractivity contribution in [2.24, 2.45) is 0 Å². The molecule has 0 atom stereocenters. The summed E-state index contributed by atoms with van der Waals surface area (Å²) >= 11 is 0. The highest BCUT2D eigenvalue weighted by Gasteiger charge is 2.23. The maximum Gasteiger partial charge on any atom is 0.414 e. The lowest BCUT2D eigenvalue weighted by Gasteiger charge is -2.12. The summed E-state index contributed by atoms with van der Waals surface area (Å²) < 4.78 is 4.77. The quantitative estimate of drug-likeness (QED) is 0.794. The Morgan fingerprint density at radius 3 is 2.47 bits per heavy atom. The molecule has 0 aromatic heterocycles. The van der Waals surface area contributed by atoms with Crippen LogP contribution in [0.3, 0.4) is 0 Å². The number of carbonyl (C=O) groups is 2. The lowest BCUT2D eigenvalue weighted by Crippen LogP contribution is -2.23. The number of ether oxygens (including phenoxy) is 1. The monoisotopic (exact) mass is 207 g/mol. The van der Waals surface area contributed by atoms with Crippen LogP contribution < -0.4 is 4.90 Å². The summed E-state index contributed by atoms with van der Waals surface area (Å²) in [5.41, 5.74) is 0.855. The Bertz CT molecular complexity index is 398. The van der Waals surface area contributed by atoms with Gasteiger partial charge in [0, 0.05) is 5.69 Å². The average Bonchev–Trinajstić information content (AvgIpc) is 2.65. The maximum absolute atomic E-state index is 11.2. The fraction of sp³-hybridized carbons (Fsp3) is 0.200. The predicted octanol–water partition coefficient (Wildman–Crippen LogP) is 1.34. The highest BCUT2D eigenvalue weighted by atomic mass is 16.6. The second kappa shape index (κ2) is 3.61. The number of amides is 1. The normalized spacial score (nSPS) is 15.2. The molecule has 1 aliphatic rings. The molecule has 0 radical (unpaired) electrons. The summed E-state index contributed by atoms with van der Waals surface area (Å²) in [6, 6.07) is 6.11. The van der Waals surface area contributed by atoms with Gasteiger partial charge in [-0.3, -0.25) is 4.90 Å². The molecule has 0 aliphatic carbocycles. The molecule has 1 N–H and O–H groups in total.